The van der Waals surface area contributed by atoms with E-state index in [-0.39, 0.29) is 17.4 Å². The number of sulfone groups is 1. The first-order valence-electron chi connectivity index (χ1n) is 8.79. The molecular formula is C20H19ClN2O4S. The highest BCUT2D eigenvalue weighted by atomic mass is 35.5. The SMILES string of the molecule is CN(C(=O)c1[nH]c2ccc(Cl)cc2c1-c1ccccc1)C1CS(=O)(=O)CC1O. The minimum atomic E-state index is -3.37. The van der Waals surface area contributed by atoms with E-state index >= 15 is 0 Å². The Morgan fingerprint density at radius 1 is 1.18 bits per heavy atom. The molecule has 4 rings (SSSR count). The average Bonchev–Trinajstić information content (AvgIpc) is 3.17. The number of fused-ring (bicyclic) bond motifs is 1. The van der Waals surface area contributed by atoms with E-state index in [1.54, 1.807) is 18.2 Å². The summed E-state index contributed by atoms with van der Waals surface area (Å²) in [6.45, 7) is 0. The number of nitrogens with zero attached hydrogens (tertiary/aromatic N) is 1. The predicted octanol–water partition coefficient (Wildman–Crippen LogP) is 2.72. The number of aliphatic hydroxyl groups excluding tert-OH is 1. The van der Waals surface area contributed by atoms with Crippen molar-refractivity contribution < 1.29 is 18.3 Å². The Morgan fingerprint density at radius 2 is 1.89 bits per heavy atom. The smallest absolute Gasteiger partial charge is 0.271 e. The maximum atomic E-state index is 13.3. The van der Waals surface area contributed by atoms with Crippen molar-refractivity contribution in [3.63, 3.8) is 0 Å². The molecule has 8 heteroatoms. The van der Waals surface area contributed by atoms with Crippen molar-refractivity contribution in [2.45, 2.75) is 12.1 Å². The van der Waals surface area contributed by atoms with Gasteiger partial charge in [-0.2, -0.15) is 0 Å². The van der Waals surface area contributed by atoms with Gasteiger partial charge < -0.3 is 15.0 Å². The minimum absolute atomic E-state index is 0.247. The van der Waals surface area contributed by atoms with Gasteiger partial charge in [-0.15, -0.1) is 0 Å². The van der Waals surface area contributed by atoms with Gasteiger partial charge in [0.05, 0.1) is 23.7 Å². The Labute approximate surface area is 167 Å². The molecule has 2 heterocycles. The molecule has 1 aliphatic heterocycles. The van der Waals surface area contributed by atoms with Gasteiger partial charge in [0.2, 0.25) is 0 Å². The van der Waals surface area contributed by atoms with E-state index in [2.05, 4.69) is 4.98 Å². The Morgan fingerprint density at radius 3 is 2.54 bits per heavy atom. The molecule has 2 atom stereocenters. The van der Waals surface area contributed by atoms with E-state index < -0.39 is 22.0 Å². The van der Waals surface area contributed by atoms with Gasteiger partial charge in [-0.05, 0) is 23.8 Å². The number of aromatic nitrogens is 1. The third-order valence-corrected chi connectivity index (χ3v) is 7.08. The molecular weight excluding hydrogens is 400 g/mol. The van der Waals surface area contributed by atoms with Crippen LogP contribution in [0.5, 0.6) is 0 Å². The molecule has 2 unspecified atom stereocenters. The number of H-pyrrole nitrogens is 1. The Bertz CT molecular complexity index is 1160. The van der Waals surface area contributed by atoms with Gasteiger partial charge in [0.15, 0.2) is 9.84 Å². The van der Waals surface area contributed by atoms with Crippen molar-refractivity contribution in [2.24, 2.45) is 0 Å². The van der Waals surface area contributed by atoms with Gasteiger partial charge in [-0.3, -0.25) is 4.79 Å². The van der Waals surface area contributed by atoms with Gasteiger partial charge in [0.25, 0.3) is 5.91 Å². The van der Waals surface area contributed by atoms with Crippen LogP contribution in [0.3, 0.4) is 0 Å². The lowest BCUT2D eigenvalue weighted by atomic mass is 10.0. The topological polar surface area (TPSA) is 90.5 Å². The van der Waals surface area contributed by atoms with Gasteiger partial charge in [-0.1, -0.05) is 41.9 Å². The molecule has 0 saturated carbocycles. The number of aromatic amines is 1. The molecule has 28 heavy (non-hydrogen) atoms. The van der Waals surface area contributed by atoms with E-state index in [1.807, 2.05) is 30.3 Å². The number of hydrogen-bond donors (Lipinski definition) is 2. The summed E-state index contributed by atoms with van der Waals surface area (Å²) in [5.74, 6) is -0.959. The van der Waals surface area contributed by atoms with Gasteiger partial charge in [-0.25, -0.2) is 8.42 Å². The van der Waals surface area contributed by atoms with E-state index in [1.165, 1.54) is 11.9 Å². The second-order valence-electron chi connectivity index (χ2n) is 7.06. The van der Waals surface area contributed by atoms with E-state index in [0.717, 1.165) is 16.5 Å². The molecule has 0 radical (unpaired) electrons. The molecule has 1 aliphatic rings. The summed E-state index contributed by atoms with van der Waals surface area (Å²) in [4.78, 5) is 17.8. The van der Waals surface area contributed by atoms with Crippen molar-refractivity contribution in [3.8, 4) is 11.1 Å². The van der Waals surface area contributed by atoms with Gasteiger partial charge in [0, 0.05) is 28.5 Å². The quantitative estimate of drug-likeness (QED) is 0.684. The number of hydrogen-bond acceptors (Lipinski definition) is 4. The van der Waals surface area contributed by atoms with Crippen LogP contribution in [0.4, 0.5) is 0 Å². The normalized spacial score (nSPS) is 21.1. The third kappa shape index (κ3) is 3.30. The fraction of sp³-hybridized carbons (Fsp3) is 0.250. The van der Waals surface area contributed by atoms with Crippen LogP contribution < -0.4 is 0 Å². The molecule has 1 amide bonds. The predicted molar refractivity (Wildman–Crippen MR) is 109 cm³/mol. The Kier molecular flexibility index (Phi) is 4.69. The summed E-state index contributed by atoms with van der Waals surface area (Å²) in [7, 11) is -1.85. The lowest BCUT2D eigenvalue weighted by molar-refractivity contribution is 0.0577. The maximum Gasteiger partial charge on any atom is 0.271 e. The summed E-state index contributed by atoms with van der Waals surface area (Å²) in [5, 5.41) is 11.5. The van der Waals surface area contributed by atoms with Crippen molar-refractivity contribution >= 4 is 38.2 Å². The van der Waals surface area contributed by atoms with Crippen molar-refractivity contribution in [1.82, 2.24) is 9.88 Å². The molecule has 3 aromatic rings. The largest absolute Gasteiger partial charge is 0.390 e. The van der Waals surface area contributed by atoms with E-state index in [9.17, 15) is 18.3 Å². The summed E-state index contributed by atoms with van der Waals surface area (Å²) in [6.07, 6.45) is -1.10. The Hall–Kier alpha value is -2.35. The molecule has 1 saturated heterocycles. The molecule has 0 bridgehead atoms. The molecule has 1 fully saturated rings. The maximum absolute atomic E-state index is 13.3. The van der Waals surface area contributed by atoms with Crippen LogP contribution in [-0.4, -0.2) is 60.0 Å². The summed E-state index contributed by atoms with van der Waals surface area (Å²) < 4.78 is 23.7. The number of carbonyl (C=O) groups is 1. The zero-order chi connectivity index (χ0) is 20.1. The Balaban J connectivity index is 1.83. The van der Waals surface area contributed by atoms with Gasteiger partial charge in [0.1, 0.15) is 5.69 Å². The van der Waals surface area contributed by atoms with Crippen LogP contribution in [-0.2, 0) is 9.84 Å². The second kappa shape index (κ2) is 6.92. The molecule has 0 aliphatic carbocycles. The van der Waals surface area contributed by atoms with Crippen LogP contribution >= 0.6 is 11.6 Å². The zero-order valence-corrected chi connectivity index (χ0v) is 16.7. The fourth-order valence-electron chi connectivity index (χ4n) is 3.74. The van der Waals surface area contributed by atoms with Crippen LogP contribution in [0.2, 0.25) is 5.02 Å². The lowest BCUT2D eigenvalue weighted by Gasteiger charge is -2.26. The number of likely N-dealkylation sites (N-methyl/N-ethyl adjacent to an activating group) is 1. The van der Waals surface area contributed by atoms with Crippen molar-refractivity contribution in [3.05, 3.63) is 59.2 Å². The fourth-order valence-corrected chi connectivity index (χ4v) is 5.75. The standard InChI is InChI=1S/C20H19ClN2O4S/c1-23(16-10-28(26,27)11-17(16)24)20(25)19-18(12-5-3-2-4-6-12)14-9-13(21)7-8-15(14)22-19/h2-9,16-17,22,24H,10-11H2,1H3. The number of nitrogens with one attached hydrogen (secondary N) is 1. The first-order valence-corrected chi connectivity index (χ1v) is 11.0. The number of rotatable bonds is 3. The minimum Gasteiger partial charge on any atom is -0.390 e. The summed E-state index contributed by atoms with van der Waals surface area (Å²) in [6, 6.07) is 14.0. The molecule has 0 spiro atoms. The monoisotopic (exact) mass is 418 g/mol. The highest BCUT2D eigenvalue weighted by molar-refractivity contribution is 7.91. The van der Waals surface area contributed by atoms with Crippen molar-refractivity contribution in [1.29, 1.82) is 0 Å². The van der Waals surface area contributed by atoms with Crippen molar-refractivity contribution in [2.75, 3.05) is 18.6 Å². The summed E-state index contributed by atoms with van der Waals surface area (Å²) >= 11 is 6.17. The van der Waals surface area contributed by atoms with Crippen LogP contribution in [0.1, 0.15) is 10.5 Å². The number of aliphatic hydroxyl groups is 1. The van der Waals surface area contributed by atoms with Crippen LogP contribution in [0.15, 0.2) is 48.5 Å². The summed E-state index contributed by atoms with van der Waals surface area (Å²) in [5.41, 5.74) is 2.62. The first kappa shape index (κ1) is 19.0. The number of amides is 1. The molecule has 146 valence electrons. The first-order chi connectivity index (χ1) is 13.3. The lowest BCUT2D eigenvalue weighted by Crippen LogP contribution is -2.44. The van der Waals surface area contributed by atoms with E-state index in [0.29, 0.717) is 16.3 Å². The van der Waals surface area contributed by atoms with Crippen LogP contribution in [0.25, 0.3) is 22.0 Å². The third-order valence-electron chi connectivity index (χ3n) is 5.15. The van der Waals surface area contributed by atoms with Gasteiger partial charge >= 0.3 is 0 Å². The molecule has 2 N–H and O–H groups in total. The molecule has 1 aromatic heterocycles. The molecule has 2 aromatic carbocycles. The highest BCUT2D eigenvalue weighted by Gasteiger charge is 2.41. The zero-order valence-electron chi connectivity index (χ0n) is 15.1. The average molecular weight is 419 g/mol. The molecule has 6 nitrogen and oxygen atoms in total. The number of halogens is 1. The van der Waals surface area contributed by atoms with E-state index in [4.69, 9.17) is 11.6 Å². The second-order valence-corrected chi connectivity index (χ2v) is 9.65. The number of carbonyl (C=O) groups excluding carboxylic acids is 1. The number of benzene rings is 2. The van der Waals surface area contributed by atoms with Crippen LogP contribution in [0, 0.1) is 0 Å². The highest BCUT2D eigenvalue weighted by Crippen LogP contribution is 2.35.